The van der Waals surface area contributed by atoms with Crippen LogP contribution in [0, 0.1) is 0 Å². The lowest BCUT2D eigenvalue weighted by Gasteiger charge is -2.16. The highest BCUT2D eigenvalue weighted by molar-refractivity contribution is 5.94. The molecule has 0 fully saturated rings. The van der Waals surface area contributed by atoms with Crippen LogP contribution in [0.3, 0.4) is 0 Å². The van der Waals surface area contributed by atoms with E-state index in [1.807, 2.05) is 30.3 Å². The molecule has 2 aromatic carbocycles. The molecule has 3 heteroatoms. The molecular weight excluding hydrogens is 274 g/mol. The number of aryl methyl sites for hydroxylation is 2. The molecule has 0 bridgehead atoms. The normalized spacial score (nSPS) is 13.3. The zero-order valence-electron chi connectivity index (χ0n) is 12.9. The van der Waals surface area contributed by atoms with Crippen LogP contribution in [0.5, 0.6) is 5.75 Å². The number of carbonyl (C=O) groups is 1. The van der Waals surface area contributed by atoms with Gasteiger partial charge in [0.25, 0.3) is 5.91 Å². The van der Waals surface area contributed by atoms with Crippen LogP contribution in [0.1, 0.15) is 39.9 Å². The van der Waals surface area contributed by atoms with E-state index in [0.717, 1.165) is 29.7 Å². The predicted octanol–water partition coefficient (Wildman–Crippen LogP) is 3.50. The lowest BCUT2D eigenvalue weighted by molar-refractivity contribution is 0.0951. The van der Waals surface area contributed by atoms with E-state index < -0.39 is 0 Å². The molecule has 0 saturated carbocycles. The first kappa shape index (κ1) is 14.6. The number of hydrogen-bond acceptors (Lipinski definition) is 2. The maximum Gasteiger partial charge on any atom is 0.251 e. The van der Waals surface area contributed by atoms with Gasteiger partial charge in [0.1, 0.15) is 5.75 Å². The summed E-state index contributed by atoms with van der Waals surface area (Å²) in [7, 11) is 1.65. The van der Waals surface area contributed by atoms with E-state index in [2.05, 4.69) is 17.4 Å². The molecule has 0 radical (unpaired) electrons. The van der Waals surface area contributed by atoms with Crippen LogP contribution in [0.2, 0.25) is 0 Å². The van der Waals surface area contributed by atoms with Crippen LogP contribution in [0.15, 0.2) is 42.5 Å². The lowest BCUT2D eigenvalue weighted by atomic mass is 9.90. The Morgan fingerprint density at radius 3 is 2.50 bits per heavy atom. The van der Waals surface area contributed by atoms with Gasteiger partial charge < -0.3 is 10.1 Å². The highest BCUT2D eigenvalue weighted by atomic mass is 16.5. The molecule has 0 aliphatic heterocycles. The van der Waals surface area contributed by atoms with Crippen molar-refractivity contribution in [2.24, 2.45) is 0 Å². The molecule has 2 aromatic rings. The lowest BCUT2D eigenvalue weighted by Crippen LogP contribution is -2.23. The minimum Gasteiger partial charge on any atom is -0.497 e. The van der Waals surface area contributed by atoms with Crippen molar-refractivity contribution in [1.29, 1.82) is 0 Å². The second kappa shape index (κ2) is 6.65. The minimum atomic E-state index is -0.0100. The number of nitrogens with one attached hydrogen (secondary N) is 1. The molecule has 0 aromatic heterocycles. The molecule has 1 amide bonds. The van der Waals surface area contributed by atoms with Gasteiger partial charge in [-0.2, -0.15) is 0 Å². The van der Waals surface area contributed by atoms with E-state index in [4.69, 9.17) is 4.74 Å². The molecule has 0 spiro atoms. The Morgan fingerprint density at radius 2 is 1.77 bits per heavy atom. The number of methoxy groups -OCH3 is 1. The molecule has 22 heavy (non-hydrogen) atoms. The van der Waals surface area contributed by atoms with E-state index in [1.54, 1.807) is 7.11 Å². The number of ether oxygens (including phenoxy) is 1. The van der Waals surface area contributed by atoms with Gasteiger partial charge in [0, 0.05) is 12.1 Å². The van der Waals surface area contributed by atoms with E-state index in [0.29, 0.717) is 6.54 Å². The zero-order chi connectivity index (χ0) is 15.4. The van der Waals surface area contributed by atoms with Gasteiger partial charge in [-0.15, -0.1) is 0 Å². The van der Waals surface area contributed by atoms with Crippen LogP contribution in [0.25, 0.3) is 0 Å². The molecule has 3 nitrogen and oxygen atoms in total. The van der Waals surface area contributed by atoms with Crippen molar-refractivity contribution in [1.82, 2.24) is 5.32 Å². The maximum atomic E-state index is 12.3. The van der Waals surface area contributed by atoms with Gasteiger partial charge in [-0.05, 0) is 66.6 Å². The molecule has 0 atom stereocenters. The third-order valence-corrected chi connectivity index (χ3v) is 4.22. The summed E-state index contributed by atoms with van der Waals surface area (Å²) >= 11 is 0. The van der Waals surface area contributed by atoms with Crippen molar-refractivity contribution in [3.8, 4) is 5.75 Å². The molecule has 3 rings (SSSR count). The molecule has 1 aliphatic rings. The Kier molecular flexibility index (Phi) is 4.42. The SMILES string of the molecule is COc1ccc(CNC(=O)c2ccc3c(c2)CCCC3)cc1. The fourth-order valence-corrected chi connectivity index (χ4v) is 2.90. The number of rotatable bonds is 4. The number of fused-ring (bicyclic) bond motifs is 1. The summed E-state index contributed by atoms with van der Waals surface area (Å²) in [6.45, 7) is 0.528. The topological polar surface area (TPSA) is 38.3 Å². The van der Waals surface area contributed by atoms with Crippen LogP contribution in [-0.2, 0) is 19.4 Å². The smallest absolute Gasteiger partial charge is 0.251 e. The number of amides is 1. The first-order chi connectivity index (χ1) is 10.8. The Balaban J connectivity index is 1.64. The Labute approximate surface area is 131 Å². The van der Waals surface area contributed by atoms with Gasteiger partial charge in [0.15, 0.2) is 0 Å². The Bertz CT molecular complexity index is 662. The van der Waals surface area contributed by atoms with Crippen molar-refractivity contribution in [3.63, 3.8) is 0 Å². The van der Waals surface area contributed by atoms with Crippen molar-refractivity contribution in [2.75, 3.05) is 7.11 Å². The molecule has 1 N–H and O–H groups in total. The second-order valence-corrected chi connectivity index (χ2v) is 5.72. The van der Waals surface area contributed by atoms with Gasteiger partial charge in [0.2, 0.25) is 0 Å². The average molecular weight is 295 g/mol. The summed E-state index contributed by atoms with van der Waals surface area (Å²) in [4.78, 5) is 12.3. The summed E-state index contributed by atoms with van der Waals surface area (Å²) in [5.41, 5.74) is 4.56. The first-order valence-corrected chi connectivity index (χ1v) is 7.79. The van der Waals surface area contributed by atoms with E-state index in [1.165, 1.54) is 24.0 Å². The van der Waals surface area contributed by atoms with Crippen LogP contribution < -0.4 is 10.1 Å². The average Bonchev–Trinajstić information content (AvgIpc) is 2.59. The van der Waals surface area contributed by atoms with E-state index in [-0.39, 0.29) is 5.91 Å². The standard InChI is InChI=1S/C19H21NO2/c1-22-18-10-6-14(7-11-18)13-20-19(21)17-9-8-15-4-2-3-5-16(15)12-17/h6-12H,2-5,13H2,1H3,(H,20,21). The minimum absolute atomic E-state index is 0.0100. The summed E-state index contributed by atoms with van der Waals surface area (Å²) in [5.74, 6) is 0.814. The van der Waals surface area contributed by atoms with Crippen molar-refractivity contribution in [2.45, 2.75) is 32.2 Å². The van der Waals surface area contributed by atoms with Crippen LogP contribution in [-0.4, -0.2) is 13.0 Å². The van der Waals surface area contributed by atoms with E-state index in [9.17, 15) is 4.79 Å². The summed E-state index contributed by atoms with van der Waals surface area (Å²) in [5, 5.41) is 2.98. The number of hydrogen-bond donors (Lipinski definition) is 1. The monoisotopic (exact) mass is 295 g/mol. The Hall–Kier alpha value is -2.29. The maximum absolute atomic E-state index is 12.3. The molecular formula is C19H21NO2. The van der Waals surface area contributed by atoms with Gasteiger partial charge in [0.05, 0.1) is 7.11 Å². The Morgan fingerprint density at radius 1 is 1.05 bits per heavy atom. The quantitative estimate of drug-likeness (QED) is 0.937. The van der Waals surface area contributed by atoms with Crippen molar-refractivity contribution < 1.29 is 9.53 Å². The zero-order valence-corrected chi connectivity index (χ0v) is 12.9. The predicted molar refractivity (Wildman–Crippen MR) is 87.2 cm³/mol. The number of benzene rings is 2. The second-order valence-electron chi connectivity index (χ2n) is 5.72. The third kappa shape index (κ3) is 3.30. The highest BCUT2D eigenvalue weighted by Crippen LogP contribution is 2.22. The number of carbonyl (C=O) groups excluding carboxylic acids is 1. The fraction of sp³-hybridized carbons (Fsp3) is 0.316. The first-order valence-electron chi connectivity index (χ1n) is 7.79. The summed E-state index contributed by atoms with van der Waals surface area (Å²) in [6.07, 6.45) is 4.72. The van der Waals surface area contributed by atoms with Crippen LogP contribution >= 0.6 is 0 Å². The third-order valence-electron chi connectivity index (χ3n) is 4.22. The largest absolute Gasteiger partial charge is 0.497 e. The molecule has 0 unspecified atom stereocenters. The highest BCUT2D eigenvalue weighted by Gasteiger charge is 2.12. The molecule has 0 saturated heterocycles. The van der Waals surface area contributed by atoms with Crippen molar-refractivity contribution >= 4 is 5.91 Å². The molecule has 114 valence electrons. The van der Waals surface area contributed by atoms with E-state index >= 15 is 0 Å². The summed E-state index contributed by atoms with van der Waals surface area (Å²) < 4.78 is 5.13. The molecule has 0 heterocycles. The van der Waals surface area contributed by atoms with Gasteiger partial charge in [-0.25, -0.2) is 0 Å². The molecule has 1 aliphatic carbocycles. The van der Waals surface area contributed by atoms with Gasteiger partial charge >= 0.3 is 0 Å². The summed E-state index contributed by atoms with van der Waals surface area (Å²) in [6, 6.07) is 13.8. The van der Waals surface area contributed by atoms with Crippen molar-refractivity contribution in [3.05, 3.63) is 64.7 Å². The van der Waals surface area contributed by atoms with Crippen LogP contribution in [0.4, 0.5) is 0 Å². The van der Waals surface area contributed by atoms with Gasteiger partial charge in [-0.3, -0.25) is 4.79 Å². The van der Waals surface area contributed by atoms with Gasteiger partial charge in [-0.1, -0.05) is 18.2 Å². The fourth-order valence-electron chi connectivity index (χ4n) is 2.90.